The smallest absolute Gasteiger partial charge is 0.128 e. The number of hydrogen-bond donors (Lipinski definition) is 2. The topological polar surface area (TPSA) is 37.0 Å². The van der Waals surface area contributed by atoms with Crippen molar-refractivity contribution in [2.24, 2.45) is 10.8 Å². The Balaban J connectivity index is 2.12. The Bertz CT molecular complexity index is 382. The van der Waals surface area contributed by atoms with E-state index in [2.05, 4.69) is 43.3 Å². The van der Waals surface area contributed by atoms with Crippen LogP contribution < -0.4 is 10.6 Å². The molecule has 0 atom stereocenters. The summed E-state index contributed by atoms with van der Waals surface area (Å²) in [7, 11) is 1.89. The highest BCUT2D eigenvalue weighted by molar-refractivity contribution is 5.48. The van der Waals surface area contributed by atoms with E-state index in [-0.39, 0.29) is 0 Å². The predicted molar refractivity (Wildman–Crippen MR) is 68.8 cm³/mol. The predicted octanol–water partition coefficient (Wildman–Crippen LogP) is 2.97. The highest BCUT2D eigenvalue weighted by Gasteiger charge is 2.65. The zero-order valence-electron chi connectivity index (χ0n) is 10.8. The van der Waals surface area contributed by atoms with Gasteiger partial charge in [-0.15, -0.1) is 0 Å². The number of rotatable bonds is 3. The van der Waals surface area contributed by atoms with Gasteiger partial charge in [0.1, 0.15) is 11.6 Å². The van der Waals surface area contributed by atoms with Crippen molar-refractivity contribution in [2.75, 3.05) is 17.7 Å². The van der Waals surface area contributed by atoms with Crippen LogP contribution >= 0.6 is 0 Å². The van der Waals surface area contributed by atoms with Crippen molar-refractivity contribution in [3.63, 3.8) is 0 Å². The van der Waals surface area contributed by atoms with E-state index in [1.54, 1.807) is 0 Å². The van der Waals surface area contributed by atoms with Crippen molar-refractivity contribution < 1.29 is 0 Å². The average Bonchev–Trinajstić information content (AvgIpc) is 2.61. The molecule has 1 aromatic heterocycles. The molecule has 3 heteroatoms. The third kappa shape index (κ3) is 1.55. The van der Waals surface area contributed by atoms with Crippen LogP contribution in [0.2, 0.25) is 0 Å². The highest BCUT2D eigenvalue weighted by Crippen LogP contribution is 2.63. The van der Waals surface area contributed by atoms with E-state index < -0.39 is 0 Å². The van der Waals surface area contributed by atoms with Gasteiger partial charge >= 0.3 is 0 Å². The third-order valence-corrected chi connectivity index (χ3v) is 4.32. The van der Waals surface area contributed by atoms with Crippen LogP contribution in [0.25, 0.3) is 0 Å². The van der Waals surface area contributed by atoms with Crippen LogP contribution in [0.15, 0.2) is 18.2 Å². The molecule has 1 fully saturated rings. The highest BCUT2D eigenvalue weighted by atomic mass is 15.1. The van der Waals surface area contributed by atoms with Crippen LogP contribution in [0.1, 0.15) is 27.7 Å². The number of anilines is 2. The number of pyridine rings is 1. The fourth-order valence-corrected chi connectivity index (χ4v) is 2.36. The van der Waals surface area contributed by atoms with Gasteiger partial charge in [0.2, 0.25) is 0 Å². The summed E-state index contributed by atoms with van der Waals surface area (Å²) in [6.07, 6.45) is 0. The first kappa shape index (κ1) is 11.2. The van der Waals surface area contributed by atoms with Gasteiger partial charge in [-0.1, -0.05) is 33.8 Å². The van der Waals surface area contributed by atoms with E-state index in [0.29, 0.717) is 16.9 Å². The van der Waals surface area contributed by atoms with Crippen LogP contribution in [0, 0.1) is 10.8 Å². The SMILES string of the molecule is CNc1cccc(NC2C(C)(C)C2(C)C)n1. The molecule has 0 aromatic carbocycles. The minimum atomic E-state index is 0.338. The maximum absolute atomic E-state index is 4.48. The summed E-state index contributed by atoms with van der Waals surface area (Å²) in [6, 6.07) is 6.50. The molecule has 0 saturated heterocycles. The van der Waals surface area contributed by atoms with E-state index >= 15 is 0 Å². The van der Waals surface area contributed by atoms with Gasteiger partial charge in [-0.3, -0.25) is 0 Å². The van der Waals surface area contributed by atoms with Crippen LogP contribution in [-0.4, -0.2) is 18.1 Å². The maximum Gasteiger partial charge on any atom is 0.128 e. The Morgan fingerprint density at radius 1 is 1.06 bits per heavy atom. The number of nitrogens with zero attached hydrogens (tertiary/aromatic N) is 1. The van der Waals surface area contributed by atoms with Gasteiger partial charge in [-0.05, 0) is 23.0 Å². The van der Waals surface area contributed by atoms with Crippen LogP contribution in [0.5, 0.6) is 0 Å². The standard InChI is InChI=1S/C13H21N3/c1-12(2)11(13(12,3)4)16-10-8-6-7-9(14-5)15-10/h6-8,11H,1-5H3,(H2,14,15,16). The molecule has 88 valence electrons. The van der Waals surface area contributed by atoms with Gasteiger partial charge in [-0.2, -0.15) is 0 Å². The zero-order chi connectivity index (χ0) is 12.0. The monoisotopic (exact) mass is 219 g/mol. The Labute approximate surface area is 97.7 Å². The summed E-state index contributed by atoms with van der Waals surface area (Å²) in [4.78, 5) is 4.48. The summed E-state index contributed by atoms with van der Waals surface area (Å²) in [5.74, 6) is 1.86. The second-order valence-corrected chi connectivity index (χ2v) is 5.68. The minimum Gasteiger partial charge on any atom is -0.373 e. The number of aromatic nitrogens is 1. The summed E-state index contributed by atoms with van der Waals surface area (Å²) >= 11 is 0. The Kier molecular flexibility index (Phi) is 2.37. The number of hydrogen-bond acceptors (Lipinski definition) is 3. The molecule has 1 aromatic rings. The van der Waals surface area contributed by atoms with Crippen molar-refractivity contribution >= 4 is 11.6 Å². The second-order valence-electron chi connectivity index (χ2n) is 5.68. The van der Waals surface area contributed by atoms with Crippen molar-refractivity contribution in [2.45, 2.75) is 33.7 Å². The first-order valence-corrected chi connectivity index (χ1v) is 5.81. The molecular weight excluding hydrogens is 198 g/mol. The molecule has 2 N–H and O–H groups in total. The molecule has 1 saturated carbocycles. The molecule has 1 aliphatic rings. The molecule has 0 bridgehead atoms. The maximum atomic E-state index is 4.48. The van der Waals surface area contributed by atoms with Gasteiger partial charge < -0.3 is 10.6 Å². The van der Waals surface area contributed by atoms with Gasteiger partial charge in [0, 0.05) is 13.1 Å². The molecule has 0 radical (unpaired) electrons. The molecule has 1 aliphatic carbocycles. The van der Waals surface area contributed by atoms with E-state index in [1.807, 2.05) is 25.2 Å². The van der Waals surface area contributed by atoms with E-state index in [4.69, 9.17) is 0 Å². The normalized spacial score (nSPS) is 21.6. The second kappa shape index (κ2) is 3.37. The molecule has 0 unspecified atom stereocenters. The fourth-order valence-electron chi connectivity index (χ4n) is 2.36. The quantitative estimate of drug-likeness (QED) is 0.820. The lowest BCUT2D eigenvalue weighted by molar-refractivity contribution is 0.457. The third-order valence-electron chi connectivity index (χ3n) is 4.32. The Hall–Kier alpha value is -1.25. The van der Waals surface area contributed by atoms with Crippen molar-refractivity contribution in [1.29, 1.82) is 0 Å². The fraction of sp³-hybridized carbons (Fsp3) is 0.615. The average molecular weight is 219 g/mol. The van der Waals surface area contributed by atoms with Gasteiger partial charge in [0.05, 0.1) is 0 Å². The molecule has 0 amide bonds. The summed E-state index contributed by atoms with van der Waals surface area (Å²) in [5.41, 5.74) is 0.675. The lowest BCUT2D eigenvalue weighted by Crippen LogP contribution is -2.11. The molecule has 16 heavy (non-hydrogen) atoms. The molecule has 3 nitrogen and oxygen atoms in total. The van der Waals surface area contributed by atoms with Gasteiger partial charge in [0.25, 0.3) is 0 Å². The molecule has 2 rings (SSSR count). The lowest BCUT2D eigenvalue weighted by atomic mass is 10.0. The zero-order valence-corrected chi connectivity index (χ0v) is 10.8. The van der Waals surface area contributed by atoms with E-state index in [1.165, 1.54) is 0 Å². The lowest BCUT2D eigenvalue weighted by Gasteiger charge is -2.08. The van der Waals surface area contributed by atoms with Gasteiger partial charge in [0.15, 0.2) is 0 Å². The van der Waals surface area contributed by atoms with Crippen molar-refractivity contribution in [1.82, 2.24) is 4.98 Å². The van der Waals surface area contributed by atoms with E-state index in [9.17, 15) is 0 Å². The van der Waals surface area contributed by atoms with E-state index in [0.717, 1.165) is 11.6 Å². The minimum absolute atomic E-state index is 0.338. The first-order chi connectivity index (χ1) is 7.39. The molecule has 1 heterocycles. The molecular formula is C13H21N3. The summed E-state index contributed by atoms with van der Waals surface area (Å²) in [6.45, 7) is 9.19. The Morgan fingerprint density at radius 3 is 2.12 bits per heavy atom. The first-order valence-electron chi connectivity index (χ1n) is 5.81. The van der Waals surface area contributed by atoms with Gasteiger partial charge in [-0.25, -0.2) is 4.98 Å². The van der Waals surface area contributed by atoms with Crippen LogP contribution in [0.3, 0.4) is 0 Å². The van der Waals surface area contributed by atoms with Crippen molar-refractivity contribution in [3.05, 3.63) is 18.2 Å². The van der Waals surface area contributed by atoms with Crippen LogP contribution in [-0.2, 0) is 0 Å². The number of nitrogens with one attached hydrogen (secondary N) is 2. The molecule has 0 spiro atoms. The Morgan fingerprint density at radius 2 is 1.62 bits per heavy atom. The largest absolute Gasteiger partial charge is 0.373 e. The summed E-state index contributed by atoms with van der Waals surface area (Å²) < 4.78 is 0. The van der Waals surface area contributed by atoms with Crippen LogP contribution in [0.4, 0.5) is 11.6 Å². The molecule has 0 aliphatic heterocycles. The summed E-state index contributed by atoms with van der Waals surface area (Å²) in [5, 5.41) is 6.57. The van der Waals surface area contributed by atoms with Crippen molar-refractivity contribution in [3.8, 4) is 0 Å².